The van der Waals surface area contributed by atoms with Crippen molar-refractivity contribution in [2.45, 2.75) is 0 Å². The highest BCUT2D eigenvalue weighted by molar-refractivity contribution is 9.10. The molecule has 0 saturated carbocycles. The number of methoxy groups -OCH3 is 1. The van der Waals surface area contributed by atoms with Gasteiger partial charge in [0.25, 0.3) is 5.91 Å². The summed E-state index contributed by atoms with van der Waals surface area (Å²) in [7, 11) is 1.49. The number of anilines is 2. The van der Waals surface area contributed by atoms with E-state index < -0.39 is 0 Å². The van der Waals surface area contributed by atoms with Crippen LogP contribution in [0.3, 0.4) is 0 Å². The van der Waals surface area contributed by atoms with E-state index in [1.54, 1.807) is 36.4 Å². The van der Waals surface area contributed by atoms with Gasteiger partial charge in [0.1, 0.15) is 11.3 Å². The first kappa shape index (κ1) is 14.7. The fourth-order valence-corrected chi connectivity index (χ4v) is 2.52. The number of amides is 1. The van der Waals surface area contributed by atoms with Gasteiger partial charge in [-0.3, -0.25) is 4.79 Å². The Bertz CT molecular complexity index is 662. The lowest BCUT2D eigenvalue weighted by atomic mass is 10.1. The molecule has 2 rings (SSSR count). The molecule has 104 valence electrons. The molecule has 4 nitrogen and oxygen atoms in total. The molecule has 2 aromatic rings. The highest BCUT2D eigenvalue weighted by Gasteiger charge is 2.16. The van der Waals surface area contributed by atoms with Crippen molar-refractivity contribution in [3.63, 3.8) is 0 Å². The molecule has 0 atom stereocenters. The van der Waals surface area contributed by atoms with Crippen LogP contribution in [0.5, 0.6) is 5.75 Å². The Hall–Kier alpha value is -1.72. The van der Waals surface area contributed by atoms with Gasteiger partial charge in [-0.2, -0.15) is 0 Å². The monoisotopic (exact) mass is 354 g/mol. The second-order valence-electron chi connectivity index (χ2n) is 4.00. The Kier molecular flexibility index (Phi) is 4.52. The van der Waals surface area contributed by atoms with Gasteiger partial charge in [0.2, 0.25) is 0 Å². The van der Waals surface area contributed by atoms with Crippen LogP contribution in [0.4, 0.5) is 11.4 Å². The largest absolute Gasteiger partial charge is 0.496 e. The first-order valence-electron chi connectivity index (χ1n) is 5.72. The Labute approximate surface area is 130 Å². The molecular formula is C14H12BrClN2O2. The maximum absolute atomic E-state index is 12.3. The molecule has 0 aliphatic heterocycles. The second-order valence-corrected chi connectivity index (χ2v) is 5.29. The maximum Gasteiger partial charge on any atom is 0.261 e. The lowest BCUT2D eigenvalue weighted by molar-refractivity contribution is 0.102. The molecule has 0 fully saturated rings. The molecule has 2 aromatic carbocycles. The summed E-state index contributed by atoms with van der Waals surface area (Å²) in [5.74, 6) is 0.0792. The molecule has 0 aromatic heterocycles. The fraction of sp³-hybridized carbons (Fsp3) is 0.0714. The van der Waals surface area contributed by atoms with Crippen molar-refractivity contribution in [1.82, 2.24) is 0 Å². The molecule has 0 saturated heterocycles. The SMILES string of the molecule is COc1cccc(N)c1C(=O)Nc1ccc(Cl)cc1Br. The van der Waals surface area contributed by atoms with Gasteiger partial charge in [0.05, 0.1) is 12.8 Å². The summed E-state index contributed by atoms with van der Waals surface area (Å²) in [6.45, 7) is 0. The van der Waals surface area contributed by atoms with Gasteiger partial charge in [0, 0.05) is 15.2 Å². The molecule has 0 heterocycles. The van der Waals surface area contributed by atoms with Crippen LogP contribution in [0.15, 0.2) is 40.9 Å². The number of hydrogen-bond donors (Lipinski definition) is 2. The van der Waals surface area contributed by atoms with Crippen molar-refractivity contribution < 1.29 is 9.53 Å². The minimum atomic E-state index is -0.344. The number of carbonyl (C=O) groups excluding carboxylic acids is 1. The van der Waals surface area contributed by atoms with Gasteiger partial charge in [0.15, 0.2) is 0 Å². The van der Waals surface area contributed by atoms with Crippen LogP contribution in [-0.4, -0.2) is 13.0 Å². The number of ether oxygens (including phenoxy) is 1. The van der Waals surface area contributed by atoms with E-state index >= 15 is 0 Å². The van der Waals surface area contributed by atoms with Crippen molar-refractivity contribution in [3.05, 3.63) is 51.5 Å². The smallest absolute Gasteiger partial charge is 0.261 e. The zero-order chi connectivity index (χ0) is 14.7. The standard InChI is InChI=1S/C14H12BrClN2O2/c1-20-12-4-2-3-10(17)13(12)14(19)18-11-6-5-8(16)7-9(11)15/h2-7H,17H2,1H3,(H,18,19). The lowest BCUT2D eigenvalue weighted by Crippen LogP contribution is -2.15. The number of halogens is 2. The van der Waals surface area contributed by atoms with Gasteiger partial charge in [-0.15, -0.1) is 0 Å². The molecule has 0 bridgehead atoms. The Balaban J connectivity index is 2.33. The van der Waals surface area contributed by atoms with E-state index in [-0.39, 0.29) is 5.91 Å². The minimum absolute atomic E-state index is 0.303. The molecule has 0 radical (unpaired) electrons. The predicted molar refractivity (Wildman–Crippen MR) is 84.5 cm³/mol. The number of carbonyl (C=O) groups is 1. The van der Waals surface area contributed by atoms with Crippen LogP contribution in [0.25, 0.3) is 0 Å². The summed E-state index contributed by atoms with van der Waals surface area (Å²) in [4.78, 5) is 12.3. The third-order valence-electron chi connectivity index (χ3n) is 2.68. The third kappa shape index (κ3) is 3.05. The zero-order valence-corrected chi connectivity index (χ0v) is 13.0. The number of nitrogens with two attached hydrogens (primary N) is 1. The fourth-order valence-electron chi connectivity index (χ4n) is 1.74. The Morgan fingerprint density at radius 2 is 2.10 bits per heavy atom. The summed E-state index contributed by atoms with van der Waals surface area (Å²) in [5, 5.41) is 3.34. The van der Waals surface area contributed by atoms with Crippen molar-refractivity contribution >= 4 is 44.8 Å². The first-order chi connectivity index (χ1) is 9.52. The molecule has 6 heteroatoms. The molecule has 1 amide bonds. The second kappa shape index (κ2) is 6.15. The summed E-state index contributed by atoms with van der Waals surface area (Å²) >= 11 is 9.20. The normalized spacial score (nSPS) is 10.2. The Morgan fingerprint density at radius 1 is 1.35 bits per heavy atom. The topological polar surface area (TPSA) is 64.3 Å². The first-order valence-corrected chi connectivity index (χ1v) is 6.89. The van der Waals surface area contributed by atoms with Gasteiger partial charge in [-0.1, -0.05) is 17.7 Å². The molecule has 0 unspecified atom stereocenters. The summed E-state index contributed by atoms with van der Waals surface area (Å²) in [5.41, 5.74) is 7.10. The van der Waals surface area contributed by atoms with E-state index in [0.717, 1.165) is 0 Å². The Morgan fingerprint density at radius 3 is 2.75 bits per heavy atom. The summed E-state index contributed by atoms with van der Waals surface area (Å²) in [6.07, 6.45) is 0. The van der Waals surface area contributed by atoms with Crippen molar-refractivity contribution in [3.8, 4) is 5.75 Å². The van der Waals surface area contributed by atoms with Gasteiger partial charge < -0.3 is 15.8 Å². The van der Waals surface area contributed by atoms with E-state index in [0.29, 0.717) is 32.2 Å². The average Bonchev–Trinajstić information content (AvgIpc) is 2.41. The number of benzene rings is 2. The van der Waals surface area contributed by atoms with Gasteiger partial charge in [-0.25, -0.2) is 0 Å². The van der Waals surface area contributed by atoms with E-state index in [9.17, 15) is 4.79 Å². The predicted octanol–water partition coefficient (Wildman–Crippen LogP) is 3.95. The summed E-state index contributed by atoms with van der Waals surface area (Å²) in [6, 6.07) is 10.1. The van der Waals surface area contributed by atoms with Crippen molar-refractivity contribution in [2.75, 3.05) is 18.2 Å². The van der Waals surface area contributed by atoms with Gasteiger partial charge in [-0.05, 0) is 46.3 Å². The highest BCUT2D eigenvalue weighted by Crippen LogP contribution is 2.29. The maximum atomic E-state index is 12.3. The van der Waals surface area contributed by atoms with E-state index in [1.807, 2.05) is 0 Å². The van der Waals surface area contributed by atoms with Crippen molar-refractivity contribution in [2.24, 2.45) is 0 Å². The number of nitrogens with one attached hydrogen (secondary N) is 1. The van der Waals surface area contributed by atoms with Crippen molar-refractivity contribution in [1.29, 1.82) is 0 Å². The van der Waals surface area contributed by atoms with Crippen LogP contribution >= 0.6 is 27.5 Å². The van der Waals surface area contributed by atoms with Crippen LogP contribution < -0.4 is 15.8 Å². The lowest BCUT2D eigenvalue weighted by Gasteiger charge is -2.12. The van der Waals surface area contributed by atoms with E-state index in [1.165, 1.54) is 7.11 Å². The highest BCUT2D eigenvalue weighted by atomic mass is 79.9. The quantitative estimate of drug-likeness (QED) is 0.820. The van der Waals surface area contributed by atoms with E-state index in [2.05, 4.69) is 21.2 Å². The van der Waals surface area contributed by atoms with Crippen LogP contribution in [0, 0.1) is 0 Å². The molecule has 3 N–H and O–H groups in total. The zero-order valence-electron chi connectivity index (χ0n) is 10.6. The number of nitrogen functional groups attached to an aromatic ring is 1. The van der Waals surface area contributed by atoms with Gasteiger partial charge >= 0.3 is 0 Å². The third-order valence-corrected chi connectivity index (χ3v) is 3.58. The number of hydrogen-bond acceptors (Lipinski definition) is 3. The molecule has 20 heavy (non-hydrogen) atoms. The minimum Gasteiger partial charge on any atom is -0.496 e. The van der Waals surface area contributed by atoms with E-state index in [4.69, 9.17) is 22.1 Å². The molecular weight excluding hydrogens is 344 g/mol. The average molecular weight is 356 g/mol. The van der Waals surface area contributed by atoms with Crippen LogP contribution in [-0.2, 0) is 0 Å². The number of rotatable bonds is 3. The molecule has 0 spiro atoms. The summed E-state index contributed by atoms with van der Waals surface area (Å²) < 4.78 is 5.85. The molecule has 0 aliphatic carbocycles. The van der Waals surface area contributed by atoms with Crippen LogP contribution in [0.2, 0.25) is 5.02 Å². The van der Waals surface area contributed by atoms with Crippen LogP contribution in [0.1, 0.15) is 10.4 Å². The molecule has 0 aliphatic rings.